The summed E-state index contributed by atoms with van der Waals surface area (Å²) in [5.41, 5.74) is 1.18. The molecule has 184 valence electrons. The van der Waals surface area contributed by atoms with Crippen molar-refractivity contribution >= 4 is 61.9 Å². The summed E-state index contributed by atoms with van der Waals surface area (Å²) in [5.74, 6) is 1.08. The fourth-order valence-electron chi connectivity index (χ4n) is 3.80. The van der Waals surface area contributed by atoms with Crippen LogP contribution in [0.2, 0.25) is 0 Å². The van der Waals surface area contributed by atoms with Crippen LogP contribution in [0.25, 0.3) is 6.08 Å². The molecule has 3 heterocycles. The van der Waals surface area contributed by atoms with Crippen LogP contribution < -0.4 is 24.4 Å². The number of halogens is 2. The fourth-order valence-corrected chi connectivity index (χ4v) is 5.55. The molecule has 0 radical (unpaired) electrons. The van der Waals surface area contributed by atoms with E-state index in [1.807, 2.05) is 13.0 Å². The highest BCUT2D eigenvalue weighted by Crippen LogP contribution is 2.36. The average Bonchev–Trinajstić information content (AvgIpc) is 3.30. The molecule has 1 atom stereocenters. The molecule has 0 amide bonds. The van der Waals surface area contributed by atoms with Gasteiger partial charge in [0.05, 0.1) is 46.6 Å². The Morgan fingerprint density at radius 2 is 2.06 bits per heavy atom. The smallest absolute Gasteiger partial charge is 0.338 e. The average molecular weight is 673 g/mol. The largest absolute Gasteiger partial charge is 0.493 e. The summed E-state index contributed by atoms with van der Waals surface area (Å²) in [5, 5.41) is 0. The van der Waals surface area contributed by atoms with E-state index in [9.17, 15) is 9.59 Å². The summed E-state index contributed by atoms with van der Waals surface area (Å²) in [6.45, 7) is 5.99. The van der Waals surface area contributed by atoms with Gasteiger partial charge < -0.3 is 18.6 Å². The van der Waals surface area contributed by atoms with Crippen molar-refractivity contribution in [2.75, 3.05) is 20.3 Å². The molecule has 0 bridgehead atoms. The second-order valence-electron chi connectivity index (χ2n) is 7.42. The van der Waals surface area contributed by atoms with Crippen LogP contribution in [0.3, 0.4) is 0 Å². The van der Waals surface area contributed by atoms with Gasteiger partial charge in [-0.15, -0.1) is 0 Å². The van der Waals surface area contributed by atoms with Crippen LogP contribution in [0.4, 0.5) is 0 Å². The van der Waals surface area contributed by atoms with Crippen LogP contribution in [0.15, 0.2) is 54.2 Å². The number of methoxy groups -OCH3 is 1. The van der Waals surface area contributed by atoms with Gasteiger partial charge in [-0.2, -0.15) is 0 Å². The summed E-state index contributed by atoms with van der Waals surface area (Å²) in [4.78, 5) is 31.8. The molecular formula is C24H22BrIN2O6S. The zero-order valence-electron chi connectivity index (χ0n) is 19.4. The first-order valence-electron chi connectivity index (χ1n) is 10.7. The minimum Gasteiger partial charge on any atom is -0.493 e. The Morgan fingerprint density at radius 1 is 1.29 bits per heavy atom. The molecule has 0 saturated heterocycles. The number of thiazole rings is 1. The molecule has 3 aromatic rings. The zero-order chi connectivity index (χ0) is 25.3. The van der Waals surface area contributed by atoms with E-state index < -0.39 is 12.0 Å². The number of hydrogen-bond acceptors (Lipinski definition) is 8. The number of carbonyl (C=O) groups is 1. The Kier molecular flexibility index (Phi) is 7.86. The Bertz CT molecular complexity index is 1480. The van der Waals surface area contributed by atoms with Gasteiger partial charge in [0.2, 0.25) is 0 Å². The summed E-state index contributed by atoms with van der Waals surface area (Å²) in [6, 6.07) is 6.41. The van der Waals surface area contributed by atoms with Gasteiger partial charge in [-0.1, -0.05) is 17.4 Å². The third kappa shape index (κ3) is 4.98. The van der Waals surface area contributed by atoms with Crippen molar-refractivity contribution in [1.82, 2.24) is 4.57 Å². The van der Waals surface area contributed by atoms with Gasteiger partial charge in [-0.05, 0) is 60.5 Å². The van der Waals surface area contributed by atoms with Crippen molar-refractivity contribution in [2.24, 2.45) is 4.99 Å². The second kappa shape index (κ2) is 10.7. The number of furan rings is 1. The lowest BCUT2D eigenvalue weighted by molar-refractivity contribution is -0.139. The second-order valence-corrected chi connectivity index (χ2v) is 10.3. The van der Waals surface area contributed by atoms with Crippen molar-refractivity contribution in [1.29, 1.82) is 0 Å². The summed E-state index contributed by atoms with van der Waals surface area (Å²) < 4.78 is 25.7. The van der Waals surface area contributed by atoms with Crippen molar-refractivity contribution in [3.63, 3.8) is 0 Å². The highest BCUT2D eigenvalue weighted by atomic mass is 127. The van der Waals surface area contributed by atoms with Crippen LogP contribution in [0, 0.1) is 3.77 Å². The van der Waals surface area contributed by atoms with Crippen molar-refractivity contribution in [3.8, 4) is 11.5 Å². The summed E-state index contributed by atoms with van der Waals surface area (Å²) in [7, 11) is 1.56. The molecule has 8 nitrogen and oxygen atoms in total. The number of nitrogens with zero attached hydrogens (tertiary/aromatic N) is 2. The Hall–Kier alpha value is -2.38. The number of rotatable bonds is 7. The van der Waals surface area contributed by atoms with E-state index in [1.165, 1.54) is 15.9 Å². The Balaban J connectivity index is 1.96. The van der Waals surface area contributed by atoms with E-state index in [2.05, 4.69) is 43.5 Å². The van der Waals surface area contributed by atoms with Crippen molar-refractivity contribution < 1.29 is 23.4 Å². The van der Waals surface area contributed by atoms with Gasteiger partial charge in [0.25, 0.3) is 5.56 Å². The van der Waals surface area contributed by atoms with Gasteiger partial charge in [0.1, 0.15) is 5.76 Å². The van der Waals surface area contributed by atoms with Gasteiger partial charge in [-0.3, -0.25) is 9.36 Å². The van der Waals surface area contributed by atoms with Gasteiger partial charge >= 0.3 is 5.97 Å². The number of hydrogen-bond donors (Lipinski definition) is 0. The summed E-state index contributed by atoms with van der Waals surface area (Å²) >= 11 is 6.72. The number of allylic oxidation sites excluding steroid dienone is 1. The lowest BCUT2D eigenvalue weighted by Crippen LogP contribution is -2.39. The molecule has 0 aliphatic carbocycles. The highest BCUT2D eigenvalue weighted by Gasteiger charge is 2.34. The summed E-state index contributed by atoms with van der Waals surface area (Å²) in [6.07, 6.45) is 1.68. The number of fused-ring (bicyclic) bond motifs is 1. The molecular weight excluding hydrogens is 651 g/mol. The van der Waals surface area contributed by atoms with Crippen LogP contribution in [0.5, 0.6) is 11.5 Å². The molecule has 1 aliphatic heterocycles. The molecule has 35 heavy (non-hydrogen) atoms. The van der Waals surface area contributed by atoms with Crippen LogP contribution in [0.1, 0.15) is 38.1 Å². The van der Waals surface area contributed by atoms with Crippen LogP contribution in [-0.4, -0.2) is 30.9 Å². The maximum Gasteiger partial charge on any atom is 0.338 e. The zero-order valence-corrected chi connectivity index (χ0v) is 23.9. The number of esters is 1. The molecule has 1 aliphatic rings. The van der Waals surface area contributed by atoms with Crippen molar-refractivity contribution in [3.05, 3.63) is 74.8 Å². The van der Waals surface area contributed by atoms with E-state index in [0.717, 1.165) is 4.47 Å². The number of carbonyl (C=O) groups excluding carboxylic acids is 1. The fraction of sp³-hybridized carbons (Fsp3) is 0.292. The van der Waals surface area contributed by atoms with E-state index in [1.54, 1.807) is 45.2 Å². The Morgan fingerprint density at radius 3 is 2.69 bits per heavy atom. The maximum atomic E-state index is 13.7. The predicted octanol–water partition coefficient (Wildman–Crippen LogP) is 4.17. The van der Waals surface area contributed by atoms with Crippen LogP contribution >= 0.6 is 49.9 Å². The molecule has 0 spiro atoms. The predicted molar refractivity (Wildman–Crippen MR) is 144 cm³/mol. The molecule has 0 fully saturated rings. The lowest BCUT2D eigenvalue weighted by Gasteiger charge is -2.25. The first kappa shape index (κ1) is 25.7. The minimum atomic E-state index is -0.749. The molecule has 2 aromatic heterocycles. The molecule has 11 heteroatoms. The topological polar surface area (TPSA) is 92.3 Å². The standard InChI is InChI=1S/C24H22BrIN2O6S/c1-5-32-17-9-13(7-8-16(17)31-4)20-19(23(30)33-6-2)12(3)27-24-28(20)22(29)18(35-24)11-14-10-15(25)21(26)34-14/h7-11,20H,5-6H2,1-4H3/b18-11+/t20-/m1/s1. The monoisotopic (exact) mass is 672 g/mol. The third-order valence-electron chi connectivity index (χ3n) is 5.26. The van der Waals surface area contributed by atoms with Gasteiger partial charge in [0, 0.05) is 28.7 Å². The number of benzene rings is 1. The third-order valence-corrected chi connectivity index (χ3v) is 8.37. The van der Waals surface area contributed by atoms with Crippen molar-refractivity contribution in [2.45, 2.75) is 26.8 Å². The molecule has 1 aromatic carbocycles. The molecule has 0 N–H and O–H groups in total. The quantitative estimate of drug-likeness (QED) is 0.277. The SMILES string of the molecule is CCOC(=O)C1=C(C)N=c2s/c(=C/c3cc(Br)c(I)o3)c(=O)n2[C@@H]1c1ccc(OC)c(OCC)c1. The van der Waals surface area contributed by atoms with E-state index >= 15 is 0 Å². The van der Waals surface area contributed by atoms with E-state index in [-0.39, 0.29) is 12.2 Å². The first-order valence-corrected chi connectivity index (χ1v) is 13.4. The molecule has 4 rings (SSSR count). The first-order chi connectivity index (χ1) is 16.8. The molecule has 0 saturated carbocycles. The number of ether oxygens (including phenoxy) is 3. The van der Waals surface area contributed by atoms with E-state index in [0.29, 0.717) is 53.8 Å². The van der Waals surface area contributed by atoms with Gasteiger partial charge in [0.15, 0.2) is 20.1 Å². The molecule has 0 unspecified atom stereocenters. The van der Waals surface area contributed by atoms with E-state index in [4.69, 9.17) is 18.6 Å². The van der Waals surface area contributed by atoms with Gasteiger partial charge in [-0.25, -0.2) is 9.79 Å². The maximum absolute atomic E-state index is 13.7. The lowest BCUT2D eigenvalue weighted by atomic mass is 9.95. The normalized spacial score (nSPS) is 15.6. The van der Waals surface area contributed by atoms with Crippen LogP contribution in [-0.2, 0) is 9.53 Å². The number of aromatic nitrogens is 1. The highest BCUT2D eigenvalue weighted by molar-refractivity contribution is 14.1. The minimum absolute atomic E-state index is 0.200. The Labute approximate surface area is 227 Å².